The Kier molecular flexibility index (Phi) is 4.27. The topological polar surface area (TPSA) is 117 Å². The Morgan fingerprint density at radius 3 is 2.59 bits per heavy atom. The SMILES string of the molecule is CC[C@@H](CO)NS(=O)(=O)c1ccc(C(=O)O)o1. The zero-order valence-corrected chi connectivity index (χ0v) is 9.90. The largest absolute Gasteiger partial charge is 0.475 e. The lowest BCUT2D eigenvalue weighted by Gasteiger charge is -2.12. The van der Waals surface area contributed by atoms with Crippen LogP contribution in [0.1, 0.15) is 23.9 Å². The van der Waals surface area contributed by atoms with Crippen molar-refractivity contribution in [3.63, 3.8) is 0 Å². The lowest BCUT2D eigenvalue weighted by atomic mass is 10.3. The second-order valence-electron chi connectivity index (χ2n) is 3.33. The molecule has 0 bridgehead atoms. The number of sulfonamides is 1. The Morgan fingerprint density at radius 2 is 2.18 bits per heavy atom. The average molecular weight is 263 g/mol. The fourth-order valence-corrected chi connectivity index (χ4v) is 2.35. The summed E-state index contributed by atoms with van der Waals surface area (Å²) in [6.45, 7) is 1.36. The van der Waals surface area contributed by atoms with E-state index in [0.717, 1.165) is 12.1 Å². The summed E-state index contributed by atoms with van der Waals surface area (Å²) in [5.41, 5.74) is 0. The Balaban J connectivity index is 2.93. The first-order valence-electron chi connectivity index (χ1n) is 4.87. The molecule has 0 saturated carbocycles. The molecule has 0 radical (unpaired) electrons. The van der Waals surface area contributed by atoms with Gasteiger partial charge in [0, 0.05) is 6.04 Å². The van der Waals surface area contributed by atoms with Gasteiger partial charge in [0.2, 0.25) is 10.9 Å². The molecule has 1 aromatic heterocycles. The van der Waals surface area contributed by atoms with Gasteiger partial charge in [0.05, 0.1) is 6.61 Å². The molecule has 0 amide bonds. The number of furan rings is 1. The monoisotopic (exact) mass is 263 g/mol. The van der Waals surface area contributed by atoms with Crippen LogP contribution in [0.5, 0.6) is 0 Å². The minimum atomic E-state index is -3.94. The van der Waals surface area contributed by atoms with Gasteiger partial charge in [-0.1, -0.05) is 6.92 Å². The van der Waals surface area contributed by atoms with E-state index in [1.54, 1.807) is 6.92 Å². The van der Waals surface area contributed by atoms with Gasteiger partial charge < -0.3 is 14.6 Å². The van der Waals surface area contributed by atoms with Crippen LogP contribution in [0, 0.1) is 0 Å². The molecule has 1 rings (SSSR count). The van der Waals surface area contributed by atoms with Crippen molar-refractivity contribution >= 4 is 16.0 Å². The summed E-state index contributed by atoms with van der Waals surface area (Å²) in [7, 11) is -3.94. The molecule has 0 aliphatic heterocycles. The maximum atomic E-state index is 11.7. The van der Waals surface area contributed by atoms with Gasteiger partial charge in [-0.25, -0.2) is 17.9 Å². The highest BCUT2D eigenvalue weighted by atomic mass is 32.2. The Hall–Kier alpha value is -1.38. The van der Waals surface area contributed by atoms with E-state index in [9.17, 15) is 13.2 Å². The fraction of sp³-hybridized carbons (Fsp3) is 0.444. The van der Waals surface area contributed by atoms with Crippen LogP contribution in [0.25, 0.3) is 0 Å². The molecule has 1 heterocycles. The minimum absolute atomic E-state index is 0.345. The van der Waals surface area contributed by atoms with Gasteiger partial charge in [-0.2, -0.15) is 0 Å². The highest BCUT2D eigenvalue weighted by molar-refractivity contribution is 7.89. The number of hydrogen-bond acceptors (Lipinski definition) is 5. The quantitative estimate of drug-likeness (QED) is 0.666. The molecule has 8 heteroatoms. The molecule has 17 heavy (non-hydrogen) atoms. The van der Waals surface area contributed by atoms with Gasteiger partial charge >= 0.3 is 5.97 Å². The molecule has 3 N–H and O–H groups in total. The number of carboxylic acids is 1. The maximum absolute atomic E-state index is 11.7. The van der Waals surface area contributed by atoms with Gasteiger partial charge in [0.25, 0.3) is 10.0 Å². The van der Waals surface area contributed by atoms with Crippen LogP contribution in [0.3, 0.4) is 0 Å². The fourth-order valence-electron chi connectivity index (χ4n) is 1.11. The van der Waals surface area contributed by atoms with Crippen molar-refractivity contribution < 1.29 is 27.8 Å². The lowest BCUT2D eigenvalue weighted by molar-refractivity contribution is 0.0656. The lowest BCUT2D eigenvalue weighted by Crippen LogP contribution is -2.36. The van der Waals surface area contributed by atoms with E-state index in [0.29, 0.717) is 6.42 Å². The normalized spacial score (nSPS) is 13.5. The highest BCUT2D eigenvalue weighted by Crippen LogP contribution is 2.14. The molecule has 0 spiro atoms. The molecule has 0 fully saturated rings. The number of aliphatic hydroxyl groups excluding tert-OH is 1. The van der Waals surface area contributed by atoms with E-state index < -0.39 is 32.9 Å². The first kappa shape index (κ1) is 13.7. The Morgan fingerprint density at radius 1 is 1.53 bits per heavy atom. The van der Waals surface area contributed by atoms with E-state index in [-0.39, 0.29) is 6.61 Å². The number of carboxylic acid groups (broad SMARTS) is 1. The van der Waals surface area contributed by atoms with Crippen molar-refractivity contribution in [2.75, 3.05) is 6.61 Å². The third-order valence-electron chi connectivity index (χ3n) is 2.09. The van der Waals surface area contributed by atoms with E-state index in [1.807, 2.05) is 0 Å². The summed E-state index contributed by atoms with van der Waals surface area (Å²) in [6, 6.07) is 1.48. The van der Waals surface area contributed by atoms with Crippen LogP contribution in [-0.2, 0) is 10.0 Å². The Bertz CT molecular complexity index is 487. The molecule has 7 nitrogen and oxygen atoms in total. The summed E-state index contributed by atoms with van der Waals surface area (Å²) < 4.78 is 30.2. The van der Waals surface area contributed by atoms with Crippen molar-refractivity contribution in [3.8, 4) is 0 Å². The van der Waals surface area contributed by atoms with Gasteiger partial charge in [-0.3, -0.25) is 0 Å². The zero-order chi connectivity index (χ0) is 13.1. The van der Waals surface area contributed by atoms with Gasteiger partial charge in [-0.05, 0) is 18.6 Å². The van der Waals surface area contributed by atoms with Crippen molar-refractivity contribution in [3.05, 3.63) is 17.9 Å². The van der Waals surface area contributed by atoms with E-state index in [1.165, 1.54) is 0 Å². The van der Waals surface area contributed by atoms with Crippen LogP contribution in [-0.4, -0.2) is 37.2 Å². The summed E-state index contributed by atoms with van der Waals surface area (Å²) in [5.74, 6) is -1.80. The molecule has 0 saturated heterocycles. The summed E-state index contributed by atoms with van der Waals surface area (Å²) >= 11 is 0. The molecular formula is C9H13NO6S. The van der Waals surface area contributed by atoms with Crippen molar-refractivity contribution in [2.45, 2.75) is 24.5 Å². The van der Waals surface area contributed by atoms with E-state index in [2.05, 4.69) is 9.14 Å². The van der Waals surface area contributed by atoms with Crippen LogP contribution >= 0.6 is 0 Å². The molecule has 1 atom stereocenters. The molecule has 96 valence electrons. The summed E-state index contributed by atoms with van der Waals surface area (Å²) in [4.78, 5) is 10.5. The summed E-state index contributed by atoms with van der Waals surface area (Å²) in [6.07, 6.45) is 0.405. The third-order valence-corrected chi connectivity index (χ3v) is 3.48. The predicted octanol–water partition coefficient (Wildman–Crippen LogP) is 0.0270. The van der Waals surface area contributed by atoms with E-state index in [4.69, 9.17) is 10.2 Å². The summed E-state index contributed by atoms with van der Waals surface area (Å²) in [5, 5.41) is 17.0. The van der Waals surface area contributed by atoms with Crippen LogP contribution in [0.2, 0.25) is 0 Å². The Labute approximate surface area is 98.1 Å². The molecule has 0 aromatic carbocycles. The first-order chi connectivity index (χ1) is 7.90. The molecule has 0 aliphatic rings. The van der Waals surface area contributed by atoms with E-state index >= 15 is 0 Å². The molecule has 0 unspecified atom stereocenters. The third kappa shape index (κ3) is 3.29. The second-order valence-corrected chi connectivity index (χ2v) is 4.98. The van der Waals surface area contributed by atoms with Gasteiger partial charge in [0.15, 0.2) is 0 Å². The zero-order valence-electron chi connectivity index (χ0n) is 9.08. The smallest absolute Gasteiger partial charge is 0.371 e. The van der Waals surface area contributed by atoms with Crippen LogP contribution < -0.4 is 4.72 Å². The number of nitrogens with one attached hydrogen (secondary N) is 1. The number of aromatic carboxylic acids is 1. The van der Waals surface area contributed by atoms with Crippen molar-refractivity contribution in [1.29, 1.82) is 0 Å². The number of rotatable bonds is 6. The second kappa shape index (κ2) is 5.30. The predicted molar refractivity (Wildman–Crippen MR) is 57.2 cm³/mol. The average Bonchev–Trinajstić information content (AvgIpc) is 2.75. The number of carbonyl (C=O) groups is 1. The molecule has 0 aliphatic carbocycles. The standard InChI is InChI=1S/C9H13NO6S/c1-2-6(5-11)10-17(14,15)8-4-3-7(16-8)9(12)13/h3-4,6,10-11H,2,5H2,1H3,(H,12,13)/t6-/m0/s1. The van der Waals surface area contributed by atoms with Crippen LogP contribution in [0.15, 0.2) is 21.6 Å². The molecule has 1 aromatic rings. The van der Waals surface area contributed by atoms with Gasteiger partial charge in [0.1, 0.15) is 0 Å². The van der Waals surface area contributed by atoms with Crippen molar-refractivity contribution in [2.24, 2.45) is 0 Å². The number of aliphatic hydroxyl groups is 1. The highest BCUT2D eigenvalue weighted by Gasteiger charge is 2.23. The molecular weight excluding hydrogens is 250 g/mol. The van der Waals surface area contributed by atoms with Gasteiger partial charge in [-0.15, -0.1) is 0 Å². The van der Waals surface area contributed by atoms with Crippen LogP contribution in [0.4, 0.5) is 0 Å². The maximum Gasteiger partial charge on any atom is 0.371 e. The first-order valence-corrected chi connectivity index (χ1v) is 6.35. The minimum Gasteiger partial charge on any atom is -0.475 e. The van der Waals surface area contributed by atoms with Crippen molar-refractivity contribution in [1.82, 2.24) is 4.72 Å². The number of hydrogen-bond donors (Lipinski definition) is 3.